The fourth-order valence-electron chi connectivity index (χ4n) is 3.57. The van der Waals surface area contributed by atoms with E-state index in [1.165, 1.54) is 28.7 Å². The number of nitrogens with zero attached hydrogens (tertiary/aromatic N) is 2. The van der Waals surface area contributed by atoms with Crippen LogP contribution in [0.4, 0.5) is 0 Å². The van der Waals surface area contributed by atoms with E-state index in [9.17, 15) is 0 Å². The number of rotatable bonds is 8. The Bertz CT molecular complexity index is 824. The molecule has 1 atom stereocenters. The van der Waals surface area contributed by atoms with Crippen LogP contribution in [0.2, 0.25) is 5.02 Å². The van der Waals surface area contributed by atoms with Crippen molar-refractivity contribution >= 4 is 11.6 Å². The van der Waals surface area contributed by atoms with Gasteiger partial charge in [-0.1, -0.05) is 53.6 Å². The number of benzene rings is 2. The van der Waals surface area contributed by atoms with Gasteiger partial charge in [-0.05, 0) is 68.2 Å². The molecule has 0 N–H and O–H groups in total. The number of hydrogen-bond acceptors (Lipinski definition) is 1. The first-order valence-electron chi connectivity index (χ1n) is 9.37. The highest BCUT2D eigenvalue weighted by Crippen LogP contribution is 2.23. The minimum absolute atomic E-state index is 0.598. The zero-order chi connectivity index (χ0) is 18.4. The van der Waals surface area contributed by atoms with E-state index in [2.05, 4.69) is 59.9 Å². The number of halogens is 1. The monoisotopic (exact) mass is 366 g/mol. The van der Waals surface area contributed by atoms with E-state index in [4.69, 9.17) is 11.6 Å². The van der Waals surface area contributed by atoms with E-state index in [1.807, 2.05) is 24.7 Å². The minimum Gasteiger partial charge on any atom is -0.337 e. The highest BCUT2D eigenvalue weighted by Gasteiger charge is 2.12. The summed E-state index contributed by atoms with van der Waals surface area (Å²) in [5, 5.41) is 0.878. The van der Waals surface area contributed by atoms with Crippen LogP contribution in [-0.2, 0) is 19.4 Å². The first-order chi connectivity index (χ1) is 12.6. The Morgan fingerprint density at radius 2 is 1.77 bits per heavy atom. The molecule has 1 unspecified atom stereocenters. The first-order valence-corrected chi connectivity index (χ1v) is 9.75. The second-order valence-corrected chi connectivity index (χ2v) is 7.63. The zero-order valence-electron chi connectivity index (χ0n) is 15.7. The Hall–Kier alpha value is -2.06. The van der Waals surface area contributed by atoms with Gasteiger partial charge in [0.05, 0.1) is 6.33 Å². The minimum atomic E-state index is 0.598. The van der Waals surface area contributed by atoms with E-state index in [1.54, 1.807) is 0 Å². The smallest absolute Gasteiger partial charge is 0.0945 e. The van der Waals surface area contributed by atoms with E-state index in [0.717, 1.165) is 30.8 Å². The Kier molecular flexibility index (Phi) is 6.51. The quantitative estimate of drug-likeness (QED) is 0.475. The molecular formula is C23H27ClN2. The lowest BCUT2D eigenvalue weighted by molar-refractivity contribution is 0.388. The fourth-order valence-corrected chi connectivity index (χ4v) is 3.80. The van der Waals surface area contributed by atoms with Crippen molar-refractivity contribution in [2.45, 2.75) is 46.1 Å². The van der Waals surface area contributed by atoms with Crippen LogP contribution in [0.1, 0.15) is 35.1 Å². The molecule has 136 valence electrons. The Balaban J connectivity index is 1.65. The maximum absolute atomic E-state index is 6.34. The van der Waals surface area contributed by atoms with Gasteiger partial charge in [0, 0.05) is 24.0 Å². The Morgan fingerprint density at radius 3 is 2.46 bits per heavy atom. The third kappa shape index (κ3) is 5.22. The Labute approximate surface area is 161 Å². The first kappa shape index (κ1) is 18.7. The Morgan fingerprint density at radius 1 is 1.00 bits per heavy atom. The average molecular weight is 367 g/mol. The number of aryl methyl sites for hydroxylation is 4. The topological polar surface area (TPSA) is 17.8 Å². The summed E-state index contributed by atoms with van der Waals surface area (Å²) < 4.78 is 2.19. The van der Waals surface area contributed by atoms with Gasteiger partial charge in [0.25, 0.3) is 0 Å². The molecule has 3 aromatic rings. The summed E-state index contributed by atoms with van der Waals surface area (Å²) in [5.41, 5.74) is 5.44. The molecule has 0 aliphatic heterocycles. The molecule has 0 radical (unpaired) electrons. The zero-order valence-corrected chi connectivity index (χ0v) is 16.4. The summed E-state index contributed by atoms with van der Waals surface area (Å²) >= 11 is 6.34. The third-order valence-electron chi connectivity index (χ3n) is 5.13. The van der Waals surface area contributed by atoms with Crippen molar-refractivity contribution in [3.05, 3.63) is 88.5 Å². The normalized spacial score (nSPS) is 12.3. The summed E-state index contributed by atoms with van der Waals surface area (Å²) in [6.07, 6.45) is 10.3. The van der Waals surface area contributed by atoms with Crippen LogP contribution in [0.15, 0.2) is 61.2 Å². The lowest BCUT2D eigenvalue weighted by atomic mass is 9.91. The van der Waals surface area contributed by atoms with Crippen LogP contribution in [0.3, 0.4) is 0 Å². The van der Waals surface area contributed by atoms with Crippen molar-refractivity contribution in [3.8, 4) is 0 Å². The van der Waals surface area contributed by atoms with Gasteiger partial charge >= 0.3 is 0 Å². The molecule has 0 saturated heterocycles. The summed E-state index contributed by atoms with van der Waals surface area (Å²) in [6, 6.07) is 15.0. The van der Waals surface area contributed by atoms with Crippen molar-refractivity contribution in [2.24, 2.45) is 5.92 Å². The molecule has 0 aliphatic rings. The lowest BCUT2D eigenvalue weighted by Gasteiger charge is -2.19. The summed E-state index contributed by atoms with van der Waals surface area (Å²) in [6.45, 7) is 5.38. The van der Waals surface area contributed by atoms with Crippen molar-refractivity contribution in [1.29, 1.82) is 0 Å². The molecule has 2 nitrogen and oxygen atoms in total. The molecule has 1 heterocycles. The number of aromatic nitrogens is 2. The van der Waals surface area contributed by atoms with Crippen molar-refractivity contribution < 1.29 is 0 Å². The number of imidazole rings is 1. The van der Waals surface area contributed by atoms with Gasteiger partial charge in [-0.3, -0.25) is 0 Å². The molecule has 0 aliphatic carbocycles. The van der Waals surface area contributed by atoms with E-state index >= 15 is 0 Å². The van der Waals surface area contributed by atoms with Crippen LogP contribution in [-0.4, -0.2) is 9.55 Å². The van der Waals surface area contributed by atoms with Gasteiger partial charge in [0.1, 0.15) is 0 Å². The van der Waals surface area contributed by atoms with Gasteiger partial charge in [0.2, 0.25) is 0 Å². The fraction of sp³-hybridized carbons (Fsp3) is 0.348. The average Bonchev–Trinajstić information content (AvgIpc) is 3.13. The molecule has 1 aromatic heterocycles. The second-order valence-electron chi connectivity index (χ2n) is 7.22. The largest absolute Gasteiger partial charge is 0.337 e. The van der Waals surface area contributed by atoms with Gasteiger partial charge in [-0.2, -0.15) is 0 Å². The molecule has 0 spiro atoms. The molecular weight excluding hydrogens is 340 g/mol. The van der Waals surface area contributed by atoms with Crippen molar-refractivity contribution in [3.63, 3.8) is 0 Å². The third-order valence-corrected chi connectivity index (χ3v) is 5.50. The highest BCUT2D eigenvalue weighted by atomic mass is 35.5. The second kappa shape index (κ2) is 9.05. The molecule has 0 amide bonds. The standard InChI is InChI=1S/C23H27ClN2/c1-18-7-10-21(19(2)15-18)11-8-20(16-26-14-13-25-17-26)9-12-22-5-3-4-6-23(22)24/h3-7,10,13-15,17,20H,8-9,11-12,16H2,1-2H3. The molecule has 26 heavy (non-hydrogen) atoms. The van der Waals surface area contributed by atoms with Crippen molar-refractivity contribution in [2.75, 3.05) is 0 Å². The van der Waals surface area contributed by atoms with E-state index < -0.39 is 0 Å². The van der Waals surface area contributed by atoms with Crippen molar-refractivity contribution in [1.82, 2.24) is 9.55 Å². The maximum Gasteiger partial charge on any atom is 0.0945 e. The van der Waals surface area contributed by atoms with E-state index in [-0.39, 0.29) is 0 Å². The van der Waals surface area contributed by atoms with Crippen LogP contribution in [0, 0.1) is 19.8 Å². The SMILES string of the molecule is Cc1ccc(CCC(CCc2ccccc2Cl)Cn2ccnc2)c(C)c1. The predicted molar refractivity (Wildman–Crippen MR) is 110 cm³/mol. The molecule has 0 fully saturated rings. The van der Waals surface area contributed by atoms with Crippen LogP contribution < -0.4 is 0 Å². The van der Waals surface area contributed by atoms with E-state index in [0.29, 0.717) is 5.92 Å². The van der Waals surface area contributed by atoms with Gasteiger partial charge < -0.3 is 4.57 Å². The summed E-state index contributed by atoms with van der Waals surface area (Å²) in [5.74, 6) is 0.598. The number of hydrogen-bond donors (Lipinski definition) is 0. The maximum atomic E-state index is 6.34. The molecule has 2 aromatic carbocycles. The molecule has 0 bridgehead atoms. The lowest BCUT2D eigenvalue weighted by Crippen LogP contribution is -2.12. The summed E-state index contributed by atoms with van der Waals surface area (Å²) in [7, 11) is 0. The van der Waals surface area contributed by atoms with Gasteiger partial charge in [-0.15, -0.1) is 0 Å². The predicted octanol–water partition coefficient (Wildman–Crippen LogP) is 6.04. The van der Waals surface area contributed by atoms with Crippen LogP contribution in [0.5, 0.6) is 0 Å². The molecule has 3 heteroatoms. The van der Waals surface area contributed by atoms with Gasteiger partial charge in [-0.25, -0.2) is 4.98 Å². The van der Waals surface area contributed by atoms with Crippen LogP contribution in [0.25, 0.3) is 0 Å². The van der Waals surface area contributed by atoms with Crippen LogP contribution >= 0.6 is 11.6 Å². The molecule has 3 rings (SSSR count). The molecule has 0 saturated carbocycles. The summed E-state index contributed by atoms with van der Waals surface area (Å²) in [4.78, 5) is 4.19. The highest BCUT2D eigenvalue weighted by molar-refractivity contribution is 6.31. The van der Waals surface area contributed by atoms with Gasteiger partial charge in [0.15, 0.2) is 0 Å².